The number of aliphatic imine (C=N–C) groups is 1. The van der Waals surface area contributed by atoms with Gasteiger partial charge in [-0.25, -0.2) is 0 Å². The molecule has 1 aromatic rings. The van der Waals surface area contributed by atoms with E-state index in [1.807, 2.05) is 0 Å². The van der Waals surface area contributed by atoms with Crippen molar-refractivity contribution in [1.82, 2.24) is 10.2 Å². The summed E-state index contributed by atoms with van der Waals surface area (Å²) in [5, 5.41) is 3.42. The number of carbonyl (C=O) groups is 1. The molecule has 0 bridgehead atoms. The van der Waals surface area contributed by atoms with Crippen molar-refractivity contribution in [1.29, 1.82) is 0 Å². The number of methoxy groups -OCH3 is 1. The van der Waals surface area contributed by atoms with Crippen LogP contribution in [0.4, 0.5) is 5.69 Å². The van der Waals surface area contributed by atoms with Gasteiger partial charge < -0.3 is 19.9 Å². The zero-order valence-electron chi connectivity index (χ0n) is 16.8. The van der Waals surface area contributed by atoms with Crippen molar-refractivity contribution in [2.45, 2.75) is 39.2 Å². The molecule has 1 N–H and O–H groups in total. The van der Waals surface area contributed by atoms with Gasteiger partial charge in [-0.2, -0.15) is 0 Å². The van der Waals surface area contributed by atoms with Crippen molar-refractivity contribution >= 4 is 17.6 Å². The van der Waals surface area contributed by atoms with Crippen molar-refractivity contribution in [3.63, 3.8) is 0 Å². The third-order valence-corrected chi connectivity index (χ3v) is 5.62. The SMILES string of the molecule is CCNC(=NCC(C)N1CCc2ccccc21)N1CCC(C(=O)OC)CC1. The monoisotopic (exact) mass is 372 g/mol. The van der Waals surface area contributed by atoms with Crippen LogP contribution in [0.25, 0.3) is 0 Å². The number of esters is 1. The number of rotatable bonds is 5. The molecule has 0 amide bonds. The molecule has 1 saturated heterocycles. The fourth-order valence-corrected chi connectivity index (χ4v) is 4.06. The maximum absolute atomic E-state index is 11.7. The molecule has 6 heteroatoms. The van der Waals surface area contributed by atoms with Gasteiger partial charge in [0.1, 0.15) is 0 Å². The Morgan fingerprint density at radius 3 is 2.74 bits per heavy atom. The standard InChI is InChI=1S/C21H32N4O2/c1-4-22-21(24-12-9-18(10-13-24)20(26)27-3)23-15-16(2)25-14-11-17-7-5-6-8-19(17)25/h5-8,16,18H,4,9-15H2,1-3H3,(H,22,23). The lowest BCUT2D eigenvalue weighted by Gasteiger charge is -2.33. The van der Waals surface area contributed by atoms with Crippen LogP contribution in [0.2, 0.25) is 0 Å². The molecule has 2 aliphatic rings. The lowest BCUT2D eigenvalue weighted by molar-refractivity contribution is -0.146. The highest BCUT2D eigenvalue weighted by Gasteiger charge is 2.27. The van der Waals surface area contributed by atoms with E-state index in [2.05, 4.69) is 53.2 Å². The summed E-state index contributed by atoms with van der Waals surface area (Å²) < 4.78 is 4.89. The molecule has 1 aromatic carbocycles. The van der Waals surface area contributed by atoms with E-state index in [-0.39, 0.29) is 11.9 Å². The van der Waals surface area contributed by atoms with E-state index >= 15 is 0 Å². The number of guanidine groups is 1. The highest BCUT2D eigenvalue weighted by molar-refractivity contribution is 5.80. The Bertz CT molecular complexity index is 668. The van der Waals surface area contributed by atoms with E-state index in [0.717, 1.165) is 57.9 Å². The van der Waals surface area contributed by atoms with Crippen LogP contribution in [-0.4, -0.2) is 62.7 Å². The minimum atomic E-state index is -0.0853. The number of piperidine rings is 1. The van der Waals surface area contributed by atoms with E-state index in [4.69, 9.17) is 9.73 Å². The molecule has 27 heavy (non-hydrogen) atoms. The summed E-state index contributed by atoms with van der Waals surface area (Å²) >= 11 is 0. The first-order valence-corrected chi connectivity index (χ1v) is 10.1. The van der Waals surface area contributed by atoms with Crippen molar-refractivity contribution in [2.24, 2.45) is 10.9 Å². The van der Waals surface area contributed by atoms with Crippen LogP contribution < -0.4 is 10.2 Å². The topological polar surface area (TPSA) is 57.2 Å². The van der Waals surface area contributed by atoms with Gasteiger partial charge in [0.2, 0.25) is 0 Å². The van der Waals surface area contributed by atoms with Crippen molar-refractivity contribution in [3.8, 4) is 0 Å². The fourth-order valence-electron chi connectivity index (χ4n) is 4.06. The van der Waals surface area contributed by atoms with Crippen molar-refractivity contribution < 1.29 is 9.53 Å². The number of nitrogens with zero attached hydrogens (tertiary/aromatic N) is 3. The summed E-state index contributed by atoms with van der Waals surface area (Å²) in [7, 11) is 1.47. The van der Waals surface area contributed by atoms with Crippen LogP contribution in [0.3, 0.4) is 0 Å². The van der Waals surface area contributed by atoms with E-state index < -0.39 is 0 Å². The number of para-hydroxylation sites is 1. The Kier molecular flexibility index (Phi) is 6.58. The quantitative estimate of drug-likeness (QED) is 0.488. The normalized spacial score (nSPS) is 19.0. The van der Waals surface area contributed by atoms with Gasteiger partial charge in [0, 0.05) is 37.9 Å². The van der Waals surface area contributed by atoms with Crippen molar-refractivity contribution in [3.05, 3.63) is 29.8 Å². The molecule has 6 nitrogen and oxygen atoms in total. The molecular weight excluding hydrogens is 340 g/mol. The summed E-state index contributed by atoms with van der Waals surface area (Å²) in [5.41, 5.74) is 2.79. The van der Waals surface area contributed by atoms with E-state index in [1.165, 1.54) is 18.4 Å². The molecule has 0 spiro atoms. The Labute approximate surface area is 162 Å². The maximum atomic E-state index is 11.7. The molecular formula is C21H32N4O2. The van der Waals surface area contributed by atoms with E-state index in [0.29, 0.717) is 6.04 Å². The molecule has 2 aliphatic heterocycles. The number of hydrogen-bond donors (Lipinski definition) is 1. The molecule has 1 unspecified atom stereocenters. The number of anilines is 1. The summed E-state index contributed by atoms with van der Waals surface area (Å²) in [6.45, 7) is 8.69. The predicted molar refractivity (Wildman–Crippen MR) is 109 cm³/mol. The van der Waals surface area contributed by atoms with Gasteiger partial charge in [-0.05, 0) is 44.7 Å². The summed E-state index contributed by atoms with van der Waals surface area (Å²) in [6.07, 6.45) is 2.77. The minimum Gasteiger partial charge on any atom is -0.469 e. The van der Waals surface area contributed by atoms with Gasteiger partial charge in [-0.1, -0.05) is 18.2 Å². The van der Waals surface area contributed by atoms with Crippen molar-refractivity contribution in [2.75, 3.05) is 44.7 Å². The number of likely N-dealkylation sites (tertiary alicyclic amines) is 1. The average Bonchev–Trinajstić information content (AvgIpc) is 3.14. The van der Waals surface area contributed by atoms with Crippen LogP contribution in [-0.2, 0) is 16.0 Å². The summed E-state index contributed by atoms with van der Waals surface area (Å²) in [4.78, 5) is 21.4. The molecule has 1 atom stereocenters. The Hall–Kier alpha value is -2.24. The fraction of sp³-hybridized carbons (Fsp3) is 0.619. The van der Waals surface area contributed by atoms with Crippen LogP contribution >= 0.6 is 0 Å². The minimum absolute atomic E-state index is 0.0224. The first-order chi connectivity index (χ1) is 13.1. The van der Waals surface area contributed by atoms with Gasteiger partial charge >= 0.3 is 5.97 Å². The molecule has 0 aliphatic carbocycles. The highest BCUT2D eigenvalue weighted by atomic mass is 16.5. The first kappa shape index (κ1) is 19.5. The second-order valence-corrected chi connectivity index (χ2v) is 7.40. The Morgan fingerprint density at radius 2 is 2.04 bits per heavy atom. The zero-order chi connectivity index (χ0) is 19.2. The lowest BCUT2D eigenvalue weighted by Crippen LogP contribution is -2.47. The number of fused-ring (bicyclic) bond motifs is 1. The largest absolute Gasteiger partial charge is 0.469 e. The van der Waals surface area contributed by atoms with E-state index in [9.17, 15) is 4.79 Å². The highest BCUT2D eigenvalue weighted by Crippen LogP contribution is 2.29. The van der Waals surface area contributed by atoms with Crippen LogP contribution in [0.5, 0.6) is 0 Å². The molecule has 0 saturated carbocycles. The number of nitrogens with one attached hydrogen (secondary N) is 1. The van der Waals surface area contributed by atoms with E-state index in [1.54, 1.807) is 0 Å². The second kappa shape index (κ2) is 9.11. The zero-order valence-corrected chi connectivity index (χ0v) is 16.8. The van der Waals surface area contributed by atoms with Crippen LogP contribution in [0.15, 0.2) is 29.3 Å². The average molecular weight is 373 g/mol. The molecule has 2 heterocycles. The number of ether oxygens (including phenoxy) is 1. The summed E-state index contributed by atoms with van der Waals surface area (Å²) in [5.74, 6) is 0.896. The molecule has 1 fully saturated rings. The predicted octanol–water partition coefficient (Wildman–Crippen LogP) is 2.29. The first-order valence-electron chi connectivity index (χ1n) is 10.1. The molecule has 148 valence electrons. The smallest absolute Gasteiger partial charge is 0.308 e. The van der Waals surface area contributed by atoms with Gasteiger partial charge in [-0.3, -0.25) is 9.79 Å². The molecule has 0 aromatic heterocycles. The van der Waals surface area contributed by atoms with Gasteiger partial charge in [0.05, 0.1) is 19.6 Å². The van der Waals surface area contributed by atoms with Gasteiger partial charge in [0.15, 0.2) is 5.96 Å². The molecule has 0 radical (unpaired) electrons. The number of hydrogen-bond acceptors (Lipinski definition) is 4. The Balaban J connectivity index is 1.60. The number of carbonyl (C=O) groups excluding carboxylic acids is 1. The molecule has 3 rings (SSSR count). The lowest BCUT2D eigenvalue weighted by atomic mass is 9.97. The Morgan fingerprint density at radius 1 is 1.30 bits per heavy atom. The van der Waals surface area contributed by atoms with Crippen LogP contribution in [0.1, 0.15) is 32.3 Å². The van der Waals surface area contributed by atoms with Gasteiger partial charge in [0.25, 0.3) is 0 Å². The number of benzene rings is 1. The van der Waals surface area contributed by atoms with Crippen LogP contribution in [0, 0.1) is 5.92 Å². The summed E-state index contributed by atoms with van der Waals surface area (Å²) in [6, 6.07) is 9.02. The third kappa shape index (κ3) is 4.54. The second-order valence-electron chi connectivity index (χ2n) is 7.40. The maximum Gasteiger partial charge on any atom is 0.308 e. The third-order valence-electron chi connectivity index (χ3n) is 5.62. The van der Waals surface area contributed by atoms with Gasteiger partial charge in [-0.15, -0.1) is 0 Å².